The van der Waals surface area contributed by atoms with Crippen LogP contribution in [-0.2, 0) is 0 Å². The molecule has 1 aromatic heterocycles. The van der Waals surface area contributed by atoms with Crippen molar-refractivity contribution in [2.24, 2.45) is 0 Å². The van der Waals surface area contributed by atoms with E-state index in [0.717, 1.165) is 47.7 Å². The van der Waals surface area contributed by atoms with Crippen LogP contribution < -0.4 is 10.2 Å². The number of nitrogens with zero attached hydrogens (tertiary/aromatic N) is 2. The predicted octanol–water partition coefficient (Wildman–Crippen LogP) is 2.25. The largest absolute Gasteiger partial charge is 0.353 e. The Balaban J connectivity index is 1.84. The molecule has 3 rings (SSSR count). The lowest BCUT2D eigenvalue weighted by Crippen LogP contribution is -2.43. The van der Waals surface area contributed by atoms with Gasteiger partial charge in [0.05, 0.1) is 5.69 Å². The second-order valence-corrected chi connectivity index (χ2v) is 5.30. The number of aromatic nitrogens is 2. The highest BCUT2D eigenvalue weighted by atomic mass is 79.9. The summed E-state index contributed by atoms with van der Waals surface area (Å²) >= 11 is 3.49. The average molecular weight is 307 g/mol. The maximum absolute atomic E-state index is 4.40. The number of anilines is 1. The van der Waals surface area contributed by atoms with Gasteiger partial charge in [-0.05, 0) is 12.1 Å². The van der Waals surface area contributed by atoms with E-state index in [1.807, 2.05) is 12.1 Å². The van der Waals surface area contributed by atoms with Crippen LogP contribution in [0.5, 0.6) is 0 Å². The van der Waals surface area contributed by atoms with Crippen LogP contribution in [-0.4, -0.2) is 36.4 Å². The first-order valence-corrected chi connectivity index (χ1v) is 6.89. The molecule has 0 saturated carbocycles. The Labute approximate surface area is 115 Å². The van der Waals surface area contributed by atoms with Gasteiger partial charge in [-0.3, -0.25) is 5.10 Å². The van der Waals surface area contributed by atoms with Gasteiger partial charge < -0.3 is 10.2 Å². The quantitative estimate of drug-likeness (QED) is 0.894. The van der Waals surface area contributed by atoms with Gasteiger partial charge in [-0.2, -0.15) is 5.10 Å². The zero-order chi connectivity index (χ0) is 12.4. The summed E-state index contributed by atoms with van der Waals surface area (Å²) in [5.41, 5.74) is 2.21. The van der Waals surface area contributed by atoms with Gasteiger partial charge in [0, 0.05) is 42.3 Å². The van der Waals surface area contributed by atoms with Crippen molar-refractivity contribution >= 4 is 21.7 Å². The van der Waals surface area contributed by atoms with E-state index >= 15 is 0 Å². The number of hydrogen-bond acceptors (Lipinski definition) is 3. The molecule has 1 aromatic carbocycles. The predicted molar refractivity (Wildman–Crippen MR) is 76.8 cm³/mol. The van der Waals surface area contributed by atoms with Crippen molar-refractivity contribution in [3.8, 4) is 11.3 Å². The molecule has 4 nitrogen and oxygen atoms in total. The minimum absolute atomic E-state index is 1.02. The molecule has 1 aliphatic heterocycles. The van der Waals surface area contributed by atoms with Crippen LogP contribution in [0.4, 0.5) is 5.82 Å². The van der Waals surface area contributed by atoms with E-state index in [1.165, 1.54) is 0 Å². The molecular formula is C13H15BrN4. The summed E-state index contributed by atoms with van der Waals surface area (Å²) in [6, 6.07) is 10.4. The van der Waals surface area contributed by atoms with Gasteiger partial charge in [-0.1, -0.05) is 28.1 Å². The van der Waals surface area contributed by atoms with Crippen LogP contribution in [0.3, 0.4) is 0 Å². The van der Waals surface area contributed by atoms with Crippen LogP contribution in [0.1, 0.15) is 0 Å². The standard InChI is InChI=1S/C13H15BrN4/c14-11-3-1-2-10(8-11)12-9-13(17-16-12)18-6-4-15-5-7-18/h1-3,8-9,15H,4-7H2,(H,16,17). The highest BCUT2D eigenvalue weighted by molar-refractivity contribution is 9.10. The smallest absolute Gasteiger partial charge is 0.151 e. The minimum atomic E-state index is 1.02. The van der Waals surface area contributed by atoms with E-state index in [0.29, 0.717) is 0 Å². The van der Waals surface area contributed by atoms with Gasteiger partial charge in [0.2, 0.25) is 0 Å². The molecule has 1 aliphatic rings. The van der Waals surface area contributed by atoms with Crippen LogP contribution in [0.25, 0.3) is 11.3 Å². The molecule has 0 bridgehead atoms. The Kier molecular flexibility index (Phi) is 3.34. The Morgan fingerprint density at radius 3 is 2.78 bits per heavy atom. The molecule has 94 valence electrons. The van der Waals surface area contributed by atoms with E-state index < -0.39 is 0 Å². The number of rotatable bonds is 2. The van der Waals surface area contributed by atoms with E-state index in [9.17, 15) is 0 Å². The molecule has 0 atom stereocenters. The SMILES string of the molecule is Brc1cccc(-c2cc(N3CCNCC3)n[nH]2)c1. The molecule has 0 aliphatic carbocycles. The lowest BCUT2D eigenvalue weighted by atomic mass is 10.1. The highest BCUT2D eigenvalue weighted by Gasteiger charge is 2.13. The summed E-state index contributed by atoms with van der Waals surface area (Å²) in [6.45, 7) is 4.09. The maximum atomic E-state index is 4.40. The minimum Gasteiger partial charge on any atom is -0.353 e. The number of piperazine rings is 1. The molecule has 1 fully saturated rings. The summed E-state index contributed by atoms with van der Waals surface area (Å²) in [5.74, 6) is 1.03. The zero-order valence-corrected chi connectivity index (χ0v) is 11.6. The maximum Gasteiger partial charge on any atom is 0.151 e. The third-order valence-electron chi connectivity index (χ3n) is 3.14. The van der Waals surface area contributed by atoms with E-state index in [1.54, 1.807) is 0 Å². The molecule has 2 N–H and O–H groups in total. The van der Waals surface area contributed by atoms with Gasteiger partial charge in [0.25, 0.3) is 0 Å². The number of H-pyrrole nitrogens is 1. The fourth-order valence-corrected chi connectivity index (χ4v) is 2.57. The van der Waals surface area contributed by atoms with Crippen molar-refractivity contribution in [1.82, 2.24) is 15.5 Å². The van der Waals surface area contributed by atoms with Gasteiger partial charge >= 0.3 is 0 Å². The summed E-state index contributed by atoms with van der Waals surface area (Å²) in [6.07, 6.45) is 0. The molecule has 2 aromatic rings. The first-order chi connectivity index (χ1) is 8.83. The molecule has 0 radical (unpaired) electrons. The summed E-state index contributed by atoms with van der Waals surface area (Å²) in [5, 5.41) is 10.9. The number of halogens is 1. The van der Waals surface area contributed by atoms with Crippen LogP contribution in [0, 0.1) is 0 Å². The third kappa shape index (κ3) is 2.42. The number of nitrogens with one attached hydrogen (secondary N) is 2. The van der Waals surface area contributed by atoms with Crippen LogP contribution >= 0.6 is 15.9 Å². The molecule has 2 heterocycles. The lowest BCUT2D eigenvalue weighted by Gasteiger charge is -2.26. The fraction of sp³-hybridized carbons (Fsp3) is 0.308. The number of aromatic amines is 1. The van der Waals surface area contributed by atoms with Crippen LogP contribution in [0.2, 0.25) is 0 Å². The summed E-state index contributed by atoms with van der Waals surface area (Å²) < 4.78 is 1.08. The zero-order valence-electron chi connectivity index (χ0n) is 9.99. The van der Waals surface area contributed by atoms with E-state index in [2.05, 4.69) is 54.5 Å². The van der Waals surface area contributed by atoms with Crippen molar-refractivity contribution in [3.63, 3.8) is 0 Å². The number of benzene rings is 1. The van der Waals surface area contributed by atoms with Crippen molar-refractivity contribution in [3.05, 3.63) is 34.8 Å². The second-order valence-electron chi connectivity index (χ2n) is 4.39. The topological polar surface area (TPSA) is 44.0 Å². The summed E-state index contributed by atoms with van der Waals surface area (Å²) in [7, 11) is 0. The Morgan fingerprint density at radius 1 is 1.17 bits per heavy atom. The molecule has 5 heteroatoms. The highest BCUT2D eigenvalue weighted by Crippen LogP contribution is 2.24. The molecule has 1 saturated heterocycles. The van der Waals surface area contributed by atoms with E-state index in [-0.39, 0.29) is 0 Å². The Bertz CT molecular complexity index is 531. The van der Waals surface area contributed by atoms with Gasteiger partial charge in [-0.15, -0.1) is 0 Å². The first-order valence-electron chi connectivity index (χ1n) is 6.10. The second kappa shape index (κ2) is 5.12. The van der Waals surface area contributed by atoms with Gasteiger partial charge in [0.1, 0.15) is 0 Å². The van der Waals surface area contributed by atoms with E-state index in [4.69, 9.17) is 0 Å². The number of hydrogen-bond donors (Lipinski definition) is 2. The van der Waals surface area contributed by atoms with Gasteiger partial charge in [0.15, 0.2) is 5.82 Å². The molecule has 0 amide bonds. The van der Waals surface area contributed by atoms with Crippen molar-refractivity contribution in [1.29, 1.82) is 0 Å². The Morgan fingerprint density at radius 2 is 2.00 bits per heavy atom. The van der Waals surface area contributed by atoms with Crippen molar-refractivity contribution in [2.45, 2.75) is 0 Å². The molecule has 0 spiro atoms. The normalized spacial score (nSPS) is 15.9. The average Bonchev–Trinajstić information content (AvgIpc) is 2.89. The molecular weight excluding hydrogens is 292 g/mol. The summed E-state index contributed by atoms with van der Waals surface area (Å²) in [4.78, 5) is 2.30. The Hall–Kier alpha value is -1.33. The van der Waals surface area contributed by atoms with Crippen LogP contribution in [0.15, 0.2) is 34.8 Å². The lowest BCUT2D eigenvalue weighted by molar-refractivity contribution is 0.584. The molecule has 18 heavy (non-hydrogen) atoms. The first kappa shape index (κ1) is 11.7. The van der Waals surface area contributed by atoms with Crippen molar-refractivity contribution in [2.75, 3.05) is 31.1 Å². The van der Waals surface area contributed by atoms with Gasteiger partial charge in [-0.25, -0.2) is 0 Å². The fourth-order valence-electron chi connectivity index (χ4n) is 2.17. The third-order valence-corrected chi connectivity index (χ3v) is 3.63. The van der Waals surface area contributed by atoms with Crippen molar-refractivity contribution < 1.29 is 0 Å². The molecule has 0 unspecified atom stereocenters. The monoisotopic (exact) mass is 306 g/mol.